The van der Waals surface area contributed by atoms with Crippen molar-refractivity contribution in [2.24, 2.45) is 0 Å². The van der Waals surface area contributed by atoms with E-state index in [1.807, 2.05) is 12.1 Å². The normalized spacial score (nSPS) is 14.6. The van der Waals surface area contributed by atoms with E-state index in [1.54, 1.807) is 10.7 Å². The maximum absolute atomic E-state index is 11.4. The topological polar surface area (TPSA) is 55.1 Å². The van der Waals surface area contributed by atoms with E-state index in [4.69, 9.17) is 11.6 Å². The van der Waals surface area contributed by atoms with Crippen molar-refractivity contribution in [3.8, 4) is 5.69 Å². The van der Waals surface area contributed by atoms with Crippen molar-refractivity contribution in [2.75, 3.05) is 0 Å². The highest BCUT2D eigenvalue weighted by Crippen LogP contribution is 2.29. The van der Waals surface area contributed by atoms with E-state index in [0.29, 0.717) is 5.02 Å². The molecule has 1 N–H and O–H groups in total. The van der Waals surface area contributed by atoms with E-state index < -0.39 is 5.97 Å². The van der Waals surface area contributed by atoms with Gasteiger partial charge in [0.2, 0.25) is 0 Å². The number of carboxylic acids is 1. The Kier molecular flexibility index (Phi) is 4.04. The molecule has 0 bridgehead atoms. The molecule has 0 saturated heterocycles. The van der Waals surface area contributed by atoms with E-state index in [2.05, 4.69) is 21.0 Å². The van der Waals surface area contributed by atoms with Crippen molar-refractivity contribution < 1.29 is 9.90 Å². The molecule has 0 aliphatic heterocycles. The first-order chi connectivity index (χ1) is 10.1. The zero-order valence-electron chi connectivity index (χ0n) is 11.3. The van der Waals surface area contributed by atoms with Crippen molar-refractivity contribution in [1.29, 1.82) is 0 Å². The highest BCUT2D eigenvalue weighted by molar-refractivity contribution is 9.10. The third-order valence-corrected chi connectivity index (χ3v) is 4.99. The SMILES string of the molecule is O=C(O)c1nn(-c2ccc(Cl)c(Br)c2)c2c1CCCCC2. The lowest BCUT2D eigenvalue weighted by Crippen LogP contribution is -2.04. The number of nitrogens with zero attached hydrogens (tertiary/aromatic N) is 2. The van der Waals surface area contributed by atoms with Crippen LogP contribution in [0.25, 0.3) is 5.69 Å². The van der Waals surface area contributed by atoms with Gasteiger partial charge in [0, 0.05) is 15.7 Å². The van der Waals surface area contributed by atoms with Gasteiger partial charge in [0.15, 0.2) is 5.69 Å². The van der Waals surface area contributed by atoms with Crippen molar-refractivity contribution >= 4 is 33.5 Å². The lowest BCUT2D eigenvalue weighted by atomic mass is 10.1. The van der Waals surface area contributed by atoms with Gasteiger partial charge in [-0.2, -0.15) is 5.10 Å². The van der Waals surface area contributed by atoms with Gasteiger partial charge in [0.1, 0.15) is 0 Å². The highest BCUT2D eigenvalue weighted by Gasteiger charge is 2.24. The predicted molar refractivity (Wildman–Crippen MR) is 84.5 cm³/mol. The van der Waals surface area contributed by atoms with E-state index in [-0.39, 0.29) is 5.69 Å². The quantitative estimate of drug-likeness (QED) is 0.805. The van der Waals surface area contributed by atoms with Crippen LogP contribution in [0.5, 0.6) is 0 Å². The molecule has 1 aliphatic carbocycles. The van der Waals surface area contributed by atoms with E-state index in [1.165, 1.54) is 0 Å². The molecule has 21 heavy (non-hydrogen) atoms. The Hall–Kier alpha value is -1.33. The minimum Gasteiger partial charge on any atom is -0.476 e. The van der Waals surface area contributed by atoms with Crippen molar-refractivity contribution in [3.63, 3.8) is 0 Å². The predicted octanol–water partition coefficient (Wildman–Crippen LogP) is 4.26. The summed E-state index contributed by atoms with van der Waals surface area (Å²) >= 11 is 9.42. The second-order valence-corrected chi connectivity index (χ2v) is 6.41. The number of benzene rings is 1. The summed E-state index contributed by atoms with van der Waals surface area (Å²) in [5, 5.41) is 14.3. The van der Waals surface area contributed by atoms with Gasteiger partial charge in [-0.15, -0.1) is 0 Å². The van der Waals surface area contributed by atoms with E-state index in [9.17, 15) is 9.90 Å². The van der Waals surface area contributed by atoms with E-state index in [0.717, 1.165) is 53.5 Å². The summed E-state index contributed by atoms with van der Waals surface area (Å²) in [7, 11) is 0. The van der Waals surface area contributed by atoms with Gasteiger partial charge >= 0.3 is 5.97 Å². The lowest BCUT2D eigenvalue weighted by molar-refractivity contribution is 0.0688. The summed E-state index contributed by atoms with van der Waals surface area (Å²) in [6.45, 7) is 0. The van der Waals surface area contributed by atoms with Crippen molar-refractivity contribution in [2.45, 2.75) is 32.1 Å². The Morgan fingerprint density at radius 1 is 1.29 bits per heavy atom. The molecule has 110 valence electrons. The number of fused-ring (bicyclic) bond motifs is 1. The van der Waals surface area contributed by atoms with Crippen LogP contribution in [0.3, 0.4) is 0 Å². The number of rotatable bonds is 2. The minimum absolute atomic E-state index is 0.179. The van der Waals surface area contributed by atoms with Gasteiger partial charge in [-0.1, -0.05) is 18.0 Å². The van der Waals surface area contributed by atoms with Gasteiger partial charge in [0.05, 0.1) is 10.7 Å². The first kappa shape index (κ1) is 14.6. The first-order valence-electron chi connectivity index (χ1n) is 6.87. The molecule has 0 unspecified atom stereocenters. The number of carbonyl (C=O) groups is 1. The molecule has 0 amide bonds. The molecule has 1 heterocycles. The van der Waals surface area contributed by atoms with Gasteiger partial charge < -0.3 is 5.11 Å². The molecule has 3 rings (SSSR count). The van der Waals surface area contributed by atoms with Crippen LogP contribution in [0.4, 0.5) is 0 Å². The maximum Gasteiger partial charge on any atom is 0.356 e. The van der Waals surface area contributed by atoms with Gasteiger partial charge in [-0.25, -0.2) is 9.48 Å². The summed E-state index contributed by atoms with van der Waals surface area (Å²) in [4.78, 5) is 11.4. The third kappa shape index (κ3) is 2.72. The molecule has 1 aromatic carbocycles. The summed E-state index contributed by atoms with van der Waals surface area (Å²) in [5.41, 5.74) is 2.90. The van der Waals surface area contributed by atoms with Gasteiger partial charge in [-0.3, -0.25) is 0 Å². The highest BCUT2D eigenvalue weighted by atomic mass is 79.9. The first-order valence-corrected chi connectivity index (χ1v) is 8.04. The number of hydrogen-bond acceptors (Lipinski definition) is 2. The molecule has 1 aromatic heterocycles. The van der Waals surface area contributed by atoms with Crippen LogP contribution in [0.2, 0.25) is 5.02 Å². The smallest absolute Gasteiger partial charge is 0.356 e. The molecule has 0 fully saturated rings. The molecule has 6 heteroatoms. The number of halogens is 2. The maximum atomic E-state index is 11.4. The van der Waals surface area contributed by atoms with Crippen LogP contribution in [-0.2, 0) is 12.8 Å². The zero-order valence-corrected chi connectivity index (χ0v) is 13.6. The van der Waals surface area contributed by atoms with Crippen molar-refractivity contribution in [1.82, 2.24) is 9.78 Å². The standard InChI is InChI=1S/C15H14BrClN2O2/c16-11-8-9(6-7-12(11)17)19-13-5-3-1-2-4-10(13)14(18-19)15(20)21/h6-8H,1-5H2,(H,20,21). The van der Waals surface area contributed by atoms with Crippen LogP contribution in [0, 0.1) is 0 Å². The summed E-state index contributed by atoms with van der Waals surface area (Å²) in [5.74, 6) is -0.958. The third-order valence-electron chi connectivity index (χ3n) is 3.78. The lowest BCUT2D eigenvalue weighted by Gasteiger charge is -2.08. The van der Waals surface area contributed by atoms with Crippen molar-refractivity contribution in [3.05, 3.63) is 44.6 Å². The average molecular weight is 370 g/mol. The Morgan fingerprint density at radius 3 is 2.76 bits per heavy atom. The molecule has 0 radical (unpaired) electrons. The largest absolute Gasteiger partial charge is 0.476 e. The molecule has 0 saturated carbocycles. The number of aromatic nitrogens is 2. The van der Waals surface area contributed by atoms with E-state index >= 15 is 0 Å². The summed E-state index contributed by atoms with van der Waals surface area (Å²) in [6.07, 6.45) is 4.84. The van der Waals surface area contributed by atoms with Crippen LogP contribution in [0.15, 0.2) is 22.7 Å². The van der Waals surface area contributed by atoms with Gasteiger partial charge in [-0.05, 0) is 59.8 Å². The summed E-state index contributed by atoms with van der Waals surface area (Å²) in [6, 6.07) is 5.51. The molecule has 0 atom stereocenters. The molecule has 2 aromatic rings. The fraction of sp³-hybridized carbons (Fsp3) is 0.333. The second-order valence-electron chi connectivity index (χ2n) is 5.15. The Labute approximate surface area is 135 Å². The molecule has 4 nitrogen and oxygen atoms in total. The Bertz CT molecular complexity index is 712. The number of aromatic carboxylic acids is 1. The molecular formula is C15H14BrClN2O2. The minimum atomic E-state index is -0.958. The zero-order chi connectivity index (χ0) is 15.0. The fourth-order valence-corrected chi connectivity index (χ4v) is 3.26. The Balaban J connectivity index is 2.17. The van der Waals surface area contributed by atoms with Gasteiger partial charge in [0.25, 0.3) is 0 Å². The molecular weight excluding hydrogens is 356 g/mol. The van der Waals surface area contributed by atoms with Crippen LogP contribution in [-0.4, -0.2) is 20.9 Å². The Morgan fingerprint density at radius 2 is 2.05 bits per heavy atom. The number of carboxylic acid groups (broad SMARTS) is 1. The molecule has 1 aliphatic rings. The summed E-state index contributed by atoms with van der Waals surface area (Å²) < 4.78 is 2.53. The van der Waals surface area contributed by atoms with Crippen LogP contribution >= 0.6 is 27.5 Å². The monoisotopic (exact) mass is 368 g/mol. The fourth-order valence-electron chi connectivity index (χ4n) is 2.78. The average Bonchev–Trinajstić information content (AvgIpc) is 2.65. The van der Waals surface area contributed by atoms with Crippen LogP contribution in [0.1, 0.15) is 41.0 Å². The number of hydrogen-bond donors (Lipinski definition) is 1. The molecule has 0 spiro atoms. The van der Waals surface area contributed by atoms with Crippen LogP contribution < -0.4 is 0 Å². The second kappa shape index (κ2) is 5.81.